The van der Waals surface area contributed by atoms with Gasteiger partial charge in [-0.25, -0.2) is 0 Å². The van der Waals surface area contributed by atoms with Crippen LogP contribution in [0.4, 0.5) is 11.4 Å². The Morgan fingerprint density at radius 3 is 1.19 bits per heavy atom. The molecule has 4 rings (SSSR count). The van der Waals surface area contributed by atoms with Crippen LogP contribution >= 0.6 is 46.4 Å². The molecule has 0 aromatic heterocycles. The normalized spacial score (nSPS) is 26.2. The minimum Gasteiger partial charge on any atom is -0.369 e. The van der Waals surface area contributed by atoms with Gasteiger partial charge in [-0.15, -0.1) is 46.4 Å². The van der Waals surface area contributed by atoms with E-state index in [0.717, 1.165) is 48.2 Å². The molecule has 0 heterocycles. The molecule has 4 unspecified atom stereocenters. The lowest BCUT2D eigenvalue weighted by Crippen LogP contribution is -2.26. The van der Waals surface area contributed by atoms with Crippen LogP contribution in [-0.2, 0) is 0 Å². The number of nitrogens with zero attached hydrogens (tertiary/aromatic N) is 4. The van der Waals surface area contributed by atoms with Crippen molar-refractivity contribution in [1.82, 2.24) is 0 Å². The molecule has 14 heteroatoms. The SMILES string of the molecule is NC(=NCCCCCCN=C(N)N=C(N)Nc1ccc(C2C(Cl)C2Cl)cc1)N=C(N)Nc1ccc(C2C(Cl)C2Cl)cc1. The van der Waals surface area contributed by atoms with Crippen LogP contribution < -0.4 is 33.6 Å². The van der Waals surface area contributed by atoms with E-state index in [1.807, 2.05) is 48.5 Å². The topological polar surface area (TPSA) is 178 Å². The molecular formula is C28H36Cl4N10. The lowest BCUT2D eigenvalue weighted by Gasteiger charge is -2.07. The summed E-state index contributed by atoms with van der Waals surface area (Å²) in [5, 5.41) is 5.93. The van der Waals surface area contributed by atoms with Gasteiger partial charge in [0.2, 0.25) is 23.8 Å². The van der Waals surface area contributed by atoms with Gasteiger partial charge in [0.05, 0.1) is 21.5 Å². The van der Waals surface area contributed by atoms with Crippen LogP contribution in [0.5, 0.6) is 0 Å². The van der Waals surface area contributed by atoms with Crippen LogP contribution in [0.15, 0.2) is 68.5 Å². The molecule has 10 N–H and O–H groups in total. The zero-order chi connectivity index (χ0) is 30.2. The van der Waals surface area contributed by atoms with Crippen molar-refractivity contribution in [3.63, 3.8) is 0 Å². The van der Waals surface area contributed by atoms with E-state index in [1.54, 1.807) is 0 Å². The molecule has 2 fully saturated rings. The number of benzene rings is 2. The summed E-state index contributed by atoms with van der Waals surface area (Å²) in [5.41, 5.74) is 27.4. The van der Waals surface area contributed by atoms with Crippen LogP contribution in [0.3, 0.4) is 0 Å². The van der Waals surface area contributed by atoms with E-state index < -0.39 is 0 Å². The molecular weight excluding hydrogens is 618 g/mol. The molecule has 0 bridgehead atoms. The van der Waals surface area contributed by atoms with Gasteiger partial charge >= 0.3 is 0 Å². The first-order chi connectivity index (χ1) is 20.1. The Morgan fingerprint density at radius 1 is 0.548 bits per heavy atom. The number of hydrogen-bond donors (Lipinski definition) is 6. The summed E-state index contributed by atoms with van der Waals surface area (Å²) in [6, 6.07) is 15.5. The van der Waals surface area contributed by atoms with Crippen molar-refractivity contribution in [2.24, 2.45) is 42.9 Å². The van der Waals surface area contributed by atoms with Crippen molar-refractivity contribution in [1.29, 1.82) is 0 Å². The maximum Gasteiger partial charge on any atom is 0.218 e. The van der Waals surface area contributed by atoms with E-state index in [1.165, 1.54) is 0 Å². The van der Waals surface area contributed by atoms with Gasteiger partial charge in [0.1, 0.15) is 0 Å². The second-order valence-corrected chi connectivity index (χ2v) is 12.2. The van der Waals surface area contributed by atoms with Crippen molar-refractivity contribution in [3.8, 4) is 0 Å². The minimum atomic E-state index is -0.0171. The Bertz CT molecular complexity index is 1200. The Labute approximate surface area is 266 Å². The molecule has 2 saturated carbocycles. The fourth-order valence-corrected chi connectivity index (χ4v) is 6.07. The minimum absolute atomic E-state index is 0.0171. The van der Waals surface area contributed by atoms with Crippen molar-refractivity contribution in [2.45, 2.75) is 59.0 Å². The van der Waals surface area contributed by atoms with Crippen LogP contribution in [0.25, 0.3) is 0 Å². The second-order valence-electron chi connectivity index (χ2n) is 10.2. The third kappa shape index (κ3) is 9.29. The van der Waals surface area contributed by atoms with Gasteiger partial charge in [0.25, 0.3) is 0 Å². The highest BCUT2D eigenvalue weighted by atomic mass is 35.5. The lowest BCUT2D eigenvalue weighted by molar-refractivity contribution is 0.653. The standard InChI is InChI=1S/C28H36Cl4N10/c29-21-19(22(21)30)15-5-9-17(10-6-15)39-27(35)41-25(33)37-13-3-1-2-4-14-38-26(34)42-28(36)40-18-11-7-16(8-12-18)20-23(31)24(20)32/h5-12,19-24H,1-4,13-14H2,(H5,33,35,37,39,41)(H5,34,36,38,40,42). The van der Waals surface area contributed by atoms with E-state index in [4.69, 9.17) is 69.3 Å². The molecule has 2 aliphatic rings. The molecule has 0 amide bonds. The molecule has 2 aromatic rings. The number of anilines is 2. The first-order valence-electron chi connectivity index (χ1n) is 13.7. The Hall–Kier alpha value is -2.92. The third-order valence-corrected chi connectivity index (χ3v) is 9.35. The number of aliphatic imine (C=N–C) groups is 4. The van der Waals surface area contributed by atoms with Gasteiger partial charge in [-0.05, 0) is 48.2 Å². The number of rotatable bonds is 11. The number of nitrogens with one attached hydrogen (secondary N) is 2. The molecule has 10 nitrogen and oxygen atoms in total. The fourth-order valence-electron chi connectivity index (χ4n) is 4.43. The number of hydrogen-bond acceptors (Lipinski definition) is 2. The van der Waals surface area contributed by atoms with Crippen LogP contribution in [0.1, 0.15) is 48.6 Å². The summed E-state index contributed by atoms with van der Waals surface area (Å²) >= 11 is 24.5. The van der Waals surface area contributed by atoms with Crippen molar-refractivity contribution < 1.29 is 0 Å². The molecule has 0 spiro atoms. The third-order valence-electron chi connectivity index (χ3n) is 6.92. The quantitative estimate of drug-likeness (QED) is 0.0889. The number of unbranched alkanes of at least 4 members (excludes halogenated alkanes) is 3. The van der Waals surface area contributed by atoms with E-state index >= 15 is 0 Å². The average molecular weight is 654 g/mol. The Morgan fingerprint density at radius 2 is 0.881 bits per heavy atom. The number of guanidine groups is 4. The number of halogens is 4. The molecule has 2 aliphatic carbocycles. The summed E-state index contributed by atoms with van der Waals surface area (Å²) in [4.78, 5) is 16.7. The van der Waals surface area contributed by atoms with Crippen LogP contribution in [0.2, 0.25) is 0 Å². The first-order valence-corrected chi connectivity index (χ1v) is 15.5. The molecule has 4 atom stereocenters. The van der Waals surface area contributed by atoms with Gasteiger partial charge in [0, 0.05) is 36.3 Å². The van der Waals surface area contributed by atoms with E-state index in [0.29, 0.717) is 13.1 Å². The molecule has 226 valence electrons. The zero-order valence-corrected chi connectivity index (χ0v) is 26.0. The Balaban J connectivity index is 1.08. The predicted octanol–water partition coefficient (Wildman–Crippen LogP) is 4.65. The first kappa shape index (κ1) is 32.0. The zero-order valence-electron chi connectivity index (χ0n) is 22.9. The van der Waals surface area contributed by atoms with Crippen molar-refractivity contribution in [3.05, 3.63) is 59.7 Å². The Kier molecular flexibility index (Phi) is 11.4. The molecule has 0 saturated heterocycles. The molecule has 42 heavy (non-hydrogen) atoms. The van der Waals surface area contributed by atoms with Gasteiger partial charge in [-0.1, -0.05) is 37.1 Å². The summed E-state index contributed by atoms with van der Waals surface area (Å²) in [6.07, 6.45) is 3.64. The smallest absolute Gasteiger partial charge is 0.218 e. The van der Waals surface area contributed by atoms with Crippen molar-refractivity contribution >= 4 is 81.6 Å². The fraction of sp³-hybridized carbons (Fsp3) is 0.429. The van der Waals surface area contributed by atoms with E-state index in [-0.39, 0.29) is 57.2 Å². The monoisotopic (exact) mass is 652 g/mol. The lowest BCUT2D eigenvalue weighted by atomic mass is 10.1. The maximum absolute atomic E-state index is 6.13. The highest BCUT2D eigenvalue weighted by Gasteiger charge is 2.49. The summed E-state index contributed by atoms with van der Waals surface area (Å²) < 4.78 is 0. The van der Waals surface area contributed by atoms with E-state index in [2.05, 4.69) is 30.6 Å². The highest BCUT2D eigenvalue weighted by Crippen LogP contribution is 2.50. The molecule has 0 aliphatic heterocycles. The van der Waals surface area contributed by atoms with Crippen molar-refractivity contribution in [2.75, 3.05) is 23.7 Å². The summed E-state index contributed by atoms with van der Waals surface area (Å²) in [7, 11) is 0. The number of nitrogens with two attached hydrogens (primary N) is 4. The molecule has 2 aromatic carbocycles. The van der Waals surface area contributed by atoms with Gasteiger partial charge in [-0.2, -0.15) is 9.98 Å². The highest BCUT2D eigenvalue weighted by molar-refractivity contribution is 6.36. The largest absolute Gasteiger partial charge is 0.369 e. The summed E-state index contributed by atoms with van der Waals surface area (Å²) in [6.45, 7) is 1.10. The van der Waals surface area contributed by atoms with Gasteiger partial charge in [-0.3, -0.25) is 9.98 Å². The van der Waals surface area contributed by atoms with E-state index in [9.17, 15) is 0 Å². The predicted molar refractivity (Wildman–Crippen MR) is 179 cm³/mol. The van der Waals surface area contributed by atoms with Gasteiger partial charge < -0.3 is 33.6 Å². The van der Waals surface area contributed by atoms with Crippen LogP contribution in [0, 0.1) is 0 Å². The van der Waals surface area contributed by atoms with Gasteiger partial charge in [0.15, 0.2) is 0 Å². The second kappa shape index (κ2) is 15.0. The van der Waals surface area contributed by atoms with Crippen LogP contribution in [-0.4, -0.2) is 58.4 Å². The summed E-state index contributed by atoms with van der Waals surface area (Å²) in [5.74, 6) is 0.945. The molecule has 0 radical (unpaired) electrons. The average Bonchev–Trinajstić information content (AvgIpc) is 3.77. The number of alkyl halides is 4. The maximum atomic E-state index is 6.13.